The van der Waals surface area contributed by atoms with Crippen molar-refractivity contribution in [3.63, 3.8) is 0 Å². The van der Waals surface area contributed by atoms with E-state index in [1.165, 1.54) is 18.2 Å². The number of nitrogens with zero attached hydrogens (tertiary/aromatic N) is 3. The van der Waals surface area contributed by atoms with Gasteiger partial charge in [0.1, 0.15) is 10.8 Å². The van der Waals surface area contributed by atoms with Gasteiger partial charge in [0, 0.05) is 22.3 Å². The molecule has 0 bridgehead atoms. The van der Waals surface area contributed by atoms with E-state index in [9.17, 15) is 14.0 Å². The average molecular weight is 475 g/mol. The molecule has 0 saturated carbocycles. The molecular formula is C20H16BrFN4O2S. The first-order chi connectivity index (χ1) is 14.0. The third-order valence-electron chi connectivity index (χ3n) is 4.61. The number of nitrogens with one attached hydrogen (secondary N) is 1. The van der Waals surface area contributed by atoms with E-state index in [0.29, 0.717) is 22.8 Å². The Bertz CT molecular complexity index is 1060. The summed E-state index contributed by atoms with van der Waals surface area (Å²) >= 11 is 4.52. The fourth-order valence-electron chi connectivity index (χ4n) is 3.24. The standard InChI is InChI=1S/C20H16BrFN4O2S/c21-13-8-6-12(7-9-13)20(28)26-10-2-5-16(26)18-24-25-19(29-18)17(27)23-15-4-1-3-14(22)11-15/h1,3-4,6-9,11,16H,2,5,10H2,(H,23,27)/t16-/m0/s1. The third kappa shape index (κ3) is 4.35. The molecule has 4 rings (SSSR count). The van der Waals surface area contributed by atoms with Gasteiger partial charge in [-0.3, -0.25) is 9.59 Å². The molecule has 6 nitrogen and oxygen atoms in total. The Morgan fingerprint density at radius 1 is 1.17 bits per heavy atom. The predicted octanol–water partition coefficient (Wildman–Crippen LogP) is 4.67. The highest BCUT2D eigenvalue weighted by molar-refractivity contribution is 9.10. The summed E-state index contributed by atoms with van der Waals surface area (Å²) in [6, 6.07) is 12.7. The van der Waals surface area contributed by atoms with Gasteiger partial charge in [-0.2, -0.15) is 0 Å². The molecule has 2 heterocycles. The first-order valence-corrected chi connectivity index (χ1v) is 10.6. The van der Waals surface area contributed by atoms with Crippen LogP contribution in [0.15, 0.2) is 53.0 Å². The topological polar surface area (TPSA) is 75.2 Å². The number of carbonyl (C=O) groups is 2. The van der Waals surface area contributed by atoms with E-state index in [2.05, 4.69) is 31.4 Å². The lowest BCUT2D eigenvalue weighted by molar-refractivity contribution is 0.0735. The van der Waals surface area contributed by atoms with E-state index in [0.717, 1.165) is 28.7 Å². The molecule has 0 radical (unpaired) electrons. The number of amides is 2. The van der Waals surface area contributed by atoms with Crippen molar-refractivity contribution in [1.82, 2.24) is 15.1 Å². The van der Waals surface area contributed by atoms with Crippen molar-refractivity contribution in [2.45, 2.75) is 18.9 Å². The number of aromatic nitrogens is 2. The van der Waals surface area contributed by atoms with E-state index in [1.54, 1.807) is 23.1 Å². The summed E-state index contributed by atoms with van der Waals surface area (Å²) in [6.45, 7) is 0.629. The van der Waals surface area contributed by atoms with Crippen LogP contribution in [-0.4, -0.2) is 33.5 Å². The Labute approximate surface area is 178 Å². The van der Waals surface area contributed by atoms with Gasteiger partial charge in [-0.05, 0) is 55.3 Å². The summed E-state index contributed by atoms with van der Waals surface area (Å²) in [6.07, 6.45) is 1.62. The fourth-order valence-corrected chi connectivity index (χ4v) is 4.39. The smallest absolute Gasteiger partial charge is 0.286 e. The van der Waals surface area contributed by atoms with Crippen molar-refractivity contribution in [3.05, 3.63) is 74.4 Å². The minimum Gasteiger partial charge on any atom is -0.329 e. The van der Waals surface area contributed by atoms with Gasteiger partial charge in [0.2, 0.25) is 5.01 Å². The SMILES string of the molecule is O=C(Nc1cccc(F)c1)c1nnc([C@@H]2CCCN2C(=O)c2ccc(Br)cc2)s1. The molecule has 1 atom stereocenters. The molecular weight excluding hydrogens is 459 g/mol. The van der Waals surface area contributed by atoms with Gasteiger partial charge in [-0.25, -0.2) is 4.39 Å². The Hall–Kier alpha value is -2.65. The normalized spacial score (nSPS) is 16.1. The summed E-state index contributed by atoms with van der Waals surface area (Å²) in [5, 5.41) is 11.5. The van der Waals surface area contributed by atoms with Gasteiger partial charge >= 0.3 is 0 Å². The van der Waals surface area contributed by atoms with Gasteiger partial charge in [-0.1, -0.05) is 33.3 Å². The molecule has 0 unspecified atom stereocenters. The molecule has 0 aliphatic carbocycles. The lowest BCUT2D eigenvalue weighted by atomic mass is 10.2. The quantitative estimate of drug-likeness (QED) is 0.595. The summed E-state index contributed by atoms with van der Waals surface area (Å²) in [5.74, 6) is -0.960. The number of benzene rings is 2. The van der Waals surface area contributed by atoms with Crippen molar-refractivity contribution in [2.75, 3.05) is 11.9 Å². The molecule has 148 valence electrons. The van der Waals surface area contributed by atoms with Crippen LogP contribution in [0.1, 0.15) is 44.1 Å². The first kappa shape index (κ1) is 19.7. The Morgan fingerprint density at radius 3 is 2.72 bits per heavy atom. The predicted molar refractivity (Wildman–Crippen MR) is 111 cm³/mol. The first-order valence-electron chi connectivity index (χ1n) is 8.98. The van der Waals surface area contributed by atoms with E-state index < -0.39 is 11.7 Å². The highest BCUT2D eigenvalue weighted by Crippen LogP contribution is 2.35. The van der Waals surface area contributed by atoms with Crippen LogP contribution in [0, 0.1) is 5.82 Å². The summed E-state index contributed by atoms with van der Waals surface area (Å²) in [5.41, 5.74) is 0.952. The highest BCUT2D eigenvalue weighted by Gasteiger charge is 2.33. The van der Waals surface area contributed by atoms with Crippen LogP contribution in [-0.2, 0) is 0 Å². The molecule has 2 aromatic carbocycles. The van der Waals surface area contributed by atoms with Crippen LogP contribution in [0.3, 0.4) is 0 Å². The molecule has 29 heavy (non-hydrogen) atoms. The number of halogens is 2. The Kier molecular flexibility index (Phi) is 5.68. The van der Waals surface area contributed by atoms with E-state index in [-0.39, 0.29) is 17.0 Å². The van der Waals surface area contributed by atoms with Crippen molar-refractivity contribution in [1.29, 1.82) is 0 Å². The van der Waals surface area contributed by atoms with Gasteiger partial charge in [-0.15, -0.1) is 10.2 Å². The van der Waals surface area contributed by atoms with Gasteiger partial charge in [0.15, 0.2) is 0 Å². The second-order valence-electron chi connectivity index (χ2n) is 6.57. The largest absolute Gasteiger partial charge is 0.329 e. The molecule has 1 aromatic heterocycles. The van der Waals surface area contributed by atoms with Crippen molar-refractivity contribution >= 4 is 44.8 Å². The minimum atomic E-state index is -0.455. The van der Waals surface area contributed by atoms with Gasteiger partial charge in [0.25, 0.3) is 11.8 Å². The van der Waals surface area contributed by atoms with Crippen molar-refractivity contribution in [2.24, 2.45) is 0 Å². The third-order valence-corrected chi connectivity index (χ3v) is 6.16. The Balaban J connectivity index is 1.49. The van der Waals surface area contributed by atoms with Crippen molar-refractivity contribution < 1.29 is 14.0 Å². The second kappa shape index (κ2) is 8.38. The molecule has 1 saturated heterocycles. The van der Waals surface area contributed by atoms with Crippen LogP contribution in [0.4, 0.5) is 10.1 Å². The number of anilines is 1. The molecule has 0 spiro atoms. The monoisotopic (exact) mass is 474 g/mol. The van der Waals surface area contributed by atoms with Gasteiger partial charge < -0.3 is 10.2 Å². The highest BCUT2D eigenvalue weighted by atomic mass is 79.9. The summed E-state index contributed by atoms with van der Waals surface area (Å²) in [4.78, 5) is 27.1. The zero-order valence-electron chi connectivity index (χ0n) is 15.1. The number of rotatable bonds is 4. The van der Waals surface area contributed by atoms with Crippen LogP contribution in [0.25, 0.3) is 0 Å². The van der Waals surface area contributed by atoms with E-state index >= 15 is 0 Å². The number of hydrogen-bond acceptors (Lipinski definition) is 5. The lowest BCUT2D eigenvalue weighted by Gasteiger charge is -2.22. The summed E-state index contributed by atoms with van der Waals surface area (Å²) < 4.78 is 14.2. The maximum absolute atomic E-state index is 13.3. The molecule has 3 aromatic rings. The maximum Gasteiger partial charge on any atom is 0.286 e. The molecule has 9 heteroatoms. The fraction of sp³-hybridized carbons (Fsp3) is 0.200. The number of hydrogen-bond donors (Lipinski definition) is 1. The molecule has 1 fully saturated rings. The van der Waals surface area contributed by atoms with Crippen LogP contribution in [0.5, 0.6) is 0 Å². The molecule has 1 aliphatic heterocycles. The summed E-state index contributed by atoms with van der Waals surface area (Å²) in [7, 11) is 0. The number of likely N-dealkylation sites (tertiary alicyclic amines) is 1. The second-order valence-corrected chi connectivity index (χ2v) is 8.50. The van der Waals surface area contributed by atoms with E-state index in [1.807, 2.05) is 12.1 Å². The zero-order chi connectivity index (χ0) is 20.4. The lowest BCUT2D eigenvalue weighted by Crippen LogP contribution is -2.30. The van der Waals surface area contributed by atoms with E-state index in [4.69, 9.17) is 0 Å². The molecule has 2 amide bonds. The minimum absolute atomic E-state index is 0.0686. The average Bonchev–Trinajstić information content (AvgIpc) is 3.37. The van der Waals surface area contributed by atoms with Crippen LogP contribution >= 0.6 is 27.3 Å². The van der Waals surface area contributed by atoms with Crippen molar-refractivity contribution in [3.8, 4) is 0 Å². The Morgan fingerprint density at radius 2 is 1.97 bits per heavy atom. The molecule has 1 aliphatic rings. The van der Waals surface area contributed by atoms with Crippen LogP contribution in [0.2, 0.25) is 0 Å². The zero-order valence-corrected chi connectivity index (χ0v) is 17.5. The van der Waals surface area contributed by atoms with Gasteiger partial charge in [0.05, 0.1) is 6.04 Å². The molecule has 1 N–H and O–H groups in total. The maximum atomic E-state index is 13.3. The van der Waals surface area contributed by atoms with Crippen LogP contribution < -0.4 is 5.32 Å². The number of carbonyl (C=O) groups excluding carboxylic acids is 2.